The number of anilines is 1. The molecular weight excluding hydrogens is 410 g/mol. The Kier molecular flexibility index (Phi) is 6.36. The second-order valence-electron chi connectivity index (χ2n) is 8.63. The van der Waals surface area contributed by atoms with Gasteiger partial charge >= 0.3 is 5.69 Å². The summed E-state index contributed by atoms with van der Waals surface area (Å²) in [5, 5.41) is 14.2. The molecule has 1 unspecified atom stereocenters. The summed E-state index contributed by atoms with van der Waals surface area (Å²) >= 11 is 0. The number of aliphatic hydroxyl groups excluding tert-OH is 1. The molecule has 9 nitrogen and oxygen atoms in total. The van der Waals surface area contributed by atoms with E-state index < -0.39 is 17.4 Å². The average Bonchev–Trinajstić information content (AvgIpc) is 3.14. The van der Waals surface area contributed by atoms with Crippen LogP contribution in [0.25, 0.3) is 11.2 Å². The highest BCUT2D eigenvalue weighted by Gasteiger charge is 2.23. The topological polar surface area (TPSA) is 103 Å². The molecule has 2 N–H and O–H groups in total. The van der Waals surface area contributed by atoms with Crippen LogP contribution in [0.2, 0.25) is 0 Å². The van der Waals surface area contributed by atoms with Crippen LogP contribution in [-0.4, -0.2) is 42.5 Å². The van der Waals surface area contributed by atoms with Crippen LogP contribution in [0.3, 0.4) is 0 Å². The van der Waals surface area contributed by atoms with Crippen LogP contribution >= 0.6 is 0 Å². The van der Waals surface area contributed by atoms with Gasteiger partial charge in [0.05, 0.1) is 6.54 Å². The summed E-state index contributed by atoms with van der Waals surface area (Å²) in [5.41, 5.74) is 0.724. The van der Waals surface area contributed by atoms with Crippen molar-refractivity contribution in [2.24, 2.45) is 14.1 Å². The number of aryl methyl sites for hydroxylation is 2. The van der Waals surface area contributed by atoms with Gasteiger partial charge in [-0.1, -0.05) is 37.5 Å². The molecule has 9 heteroatoms. The Hall–Kier alpha value is -3.07. The highest BCUT2D eigenvalue weighted by Crippen LogP contribution is 2.24. The van der Waals surface area contributed by atoms with E-state index in [4.69, 9.17) is 4.74 Å². The summed E-state index contributed by atoms with van der Waals surface area (Å²) < 4.78 is 9.94. The molecule has 0 amide bonds. The Morgan fingerprint density at radius 3 is 2.59 bits per heavy atom. The maximum absolute atomic E-state index is 13.0. The Morgan fingerprint density at radius 2 is 1.88 bits per heavy atom. The molecule has 1 aromatic carbocycles. The molecule has 2 aromatic heterocycles. The van der Waals surface area contributed by atoms with E-state index in [0.717, 1.165) is 35.8 Å². The van der Waals surface area contributed by atoms with Crippen molar-refractivity contribution in [3.8, 4) is 5.75 Å². The molecule has 1 fully saturated rings. The third-order valence-electron chi connectivity index (χ3n) is 6.20. The summed E-state index contributed by atoms with van der Waals surface area (Å²) in [5.74, 6) is 1.21. The fraction of sp³-hybridized carbons (Fsp3) is 0.522. The molecule has 4 rings (SSSR count). The van der Waals surface area contributed by atoms with Gasteiger partial charge in [-0.05, 0) is 31.4 Å². The maximum atomic E-state index is 13.0. The van der Waals surface area contributed by atoms with Crippen LogP contribution in [0.4, 0.5) is 5.95 Å². The third-order valence-corrected chi connectivity index (χ3v) is 6.20. The minimum atomic E-state index is -0.874. The lowest BCUT2D eigenvalue weighted by molar-refractivity contribution is 0.0934. The third kappa shape index (κ3) is 4.29. The number of para-hydroxylation sites is 1. The Balaban J connectivity index is 1.67. The number of rotatable bonds is 7. The fourth-order valence-electron chi connectivity index (χ4n) is 4.33. The SMILES string of the molecule is Cc1ccccc1OCC(O)Cn1c(NC2CCCCC2)nc2c1c(=O)n(C)c(=O)n2C. The first-order valence-corrected chi connectivity index (χ1v) is 11.2. The number of aromatic nitrogens is 4. The average molecular weight is 442 g/mol. The zero-order valence-corrected chi connectivity index (χ0v) is 18.9. The van der Waals surface area contributed by atoms with E-state index in [1.54, 1.807) is 11.6 Å². The van der Waals surface area contributed by atoms with E-state index in [0.29, 0.717) is 22.9 Å². The summed E-state index contributed by atoms with van der Waals surface area (Å²) in [4.78, 5) is 30.0. The maximum Gasteiger partial charge on any atom is 0.332 e. The van der Waals surface area contributed by atoms with Crippen molar-refractivity contribution < 1.29 is 9.84 Å². The van der Waals surface area contributed by atoms with Gasteiger partial charge in [0.25, 0.3) is 5.56 Å². The van der Waals surface area contributed by atoms with Crippen LogP contribution < -0.4 is 21.3 Å². The first-order chi connectivity index (χ1) is 15.4. The van der Waals surface area contributed by atoms with E-state index in [-0.39, 0.29) is 19.2 Å². The Labute approximate surface area is 186 Å². The van der Waals surface area contributed by atoms with Gasteiger partial charge in [0.15, 0.2) is 11.2 Å². The van der Waals surface area contributed by atoms with Gasteiger partial charge in [0.1, 0.15) is 18.5 Å². The summed E-state index contributed by atoms with van der Waals surface area (Å²) in [6.07, 6.45) is 4.69. The van der Waals surface area contributed by atoms with Crippen molar-refractivity contribution in [3.05, 3.63) is 50.7 Å². The smallest absolute Gasteiger partial charge is 0.332 e. The van der Waals surface area contributed by atoms with Crippen molar-refractivity contribution in [2.45, 2.75) is 57.7 Å². The first-order valence-electron chi connectivity index (χ1n) is 11.2. The van der Waals surface area contributed by atoms with Crippen LogP contribution in [0, 0.1) is 6.92 Å². The van der Waals surface area contributed by atoms with Crippen molar-refractivity contribution >= 4 is 17.1 Å². The molecule has 1 aliphatic rings. The number of benzene rings is 1. The van der Waals surface area contributed by atoms with Crippen molar-refractivity contribution in [3.63, 3.8) is 0 Å². The largest absolute Gasteiger partial charge is 0.491 e. The van der Waals surface area contributed by atoms with Gasteiger partial charge in [-0.15, -0.1) is 0 Å². The van der Waals surface area contributed by atoms with Gasteiger partial charge in [0, 0.05) is 20.1 Å². The van der Waals surface area contributed by atoms with Gasteiger partial charge in [-0.2, -0.15) is 4.98 Å². The molecule has 1 saturated carbocycles. The highest BCUT2D eigenvalue weighted by atomic mass is 16.5. The van der Waals surface area contributed by atoms with Gasteiger partial charge in [-0.3, -0.25) is 13.9 Å². The molecule has 0 spiro atoms. The number of hydrogen-bond donors (Lipinski definition) is 2. The molecule has 0 aliphatic heterocycles. The molecule has 0 bridgehead atoms. The molecule has 3 aromatic rings. The Bertz CT molecular complexity index is 1220. The minimum Gasteiger partial charge on any atom is -0.491 e. The molecular formula is C23H31N5O4. The lowest BCUT2D eigenvalue weighted by atomic mass is 9.96. The van der Waals surface area contributed by atoms with Crippen LogP contribution in [-0.2, 0) is 20.6 Å². The monoisotopic (exact) mass is 441 g/mol. The van der Waals surface area contributed by atoms with Gasteiger partial charge in [-0.25, -0.2) is 4.79 Å². The molecule has 172 valence electrons. The number of fused-ring (bicyclic) bond motifs is 1. The molecule has 1 aliphatic carbocycles. The molecule has 0 saturated heterocycles. The summed E-state index contributed by atoms with van der Waals surface area (Å²) in [6.45, 7) is 2.13. The van der Waals surface area contributed by atoms with E-state index >= 15 is 0 Å². The zero-order chi connectivity index (χ0) is 22.8. The number of nitrogens with one attached hydrogen (secondary N) is 1. The van der Waals surface area contributed by atoms with Crippen LogP contribution in [0.5, 0.6) is 5.75 Å². The normalized spacial score (nSPS) is 15.8. The molecule has 0 radical (unpaired) electrons. The lowest BCUT2D eigenvalue weighted by Gasteiger charge is -2.24. The zero-order valence-electron chi connectivity index (χ0n) is 18.9. The number of imidazole rings is 1. The van der Waals surface area contributed by atoms with Gasteiger partial charge in [0.2, 0.25) is 5.95 Å². The Morgan fingerprint density at radius 1 is 1.16 bits per heavy atom. The van der Waals surface area contributed by atoms with E-state index in [2.05, 4.69) is 10.3 Å². The fourth-order valence-corrected chi connectivity index (χ4v) is 4.33. The van der Waals surface area contributed by atoms with Crippen LogP contribution in [0.15, 0.2) is 33.9 Å². The van der Waals surface area contributed by atoms with E-state index in [1.165, 1.54) is 18.0 Å². The number of nitrogens with zero attached hydrogens (tertiary/aromatic N) is 4. The molecule has 1 atom stereocenters. The van der Waals surface area contributed by atoms with E-state index in [1.807, 2.05) is 31.2 Å². The highest BCUT2D eigenvalue weighted by molar-refractivity contribution is 5.74. The predicted molar refractivity (Wildman–Crippen MR) is 123 cm³/mol. The van der Waals surface area contributed by atoms with Crippen molar-refractivity contribution in [1.82, 2.24) is 18.7 Å². The minimum absolute atomic E-state index is 0.0689. The number of aliphatic hydroxyl groups is 1. The number of hydrogen-bond acceptors (Lipinski definition) is 6. The first kappa shape index (κ1) is 22.1. The predicted octanol–water partition coefficient (Wildman–Crippen LogP) is 1.93. The molecule has 2 heterocycles. The second-order valence-corrected chi connectivity index (χ2v) is 8.63. The quantitative estimate of drug-likeness (QED) is 0.581. The second kappa shape index (κ2) is 9.20. The van der Waals surface area contributed by atoms with Crippen molar-refractivity contribution in [2.75, 3.05) is 11.9 Å². The lowest BCUT2D eigenvalue weighted by Crippen LogP contribution is -2.38. The standard InChI is InChI=1S/C23H31N5O4/c1-15-9-7-8-12-18(15)32-14-17(29)13-28-19-20(26(2)23(31)27(3)21(19)30)25-22(28)24-16-10-5-4-6-11-16/h7-9,12,16-17,29H,4-6,10-11,13-14H2,1-3H3,(H,24,25). The van der Waals surface area contributed by atoms with Gasteiger partial charge < -0.3 is 19.7 Å². The summed E-state index contributed by atoms with van der Waals surface area (Å²) in [7, 11) is 3.05. The van der Waals surface area contributed by atoms with Crippen LogP contribution in [0.1, 0.15) is 37.7 Å². The van der Waals surface area contributed by atoms with E-state index in [9.17, 15) is 14.7 Å². The van der Waals surface area contributed by atoms with Crippen molar-refractivity contribution in [1.29, 1.82) is 0 Å². The summed E-state index contributed by atoms with van der Waals surface area (Å²) in [6, 6.07) is 7.87. The number of ether oxygens (including phenoxy) is 1. The molecule has 32 heavy (non-hydrogen) atoms.